The van der Waals surface area contributed by atoms with Crippen molar-refractivity contribution < 1.29 is 14.3 Å². The molecule has 4 aromatic rings. The summed E-state index contributed by atoms with van der Waals surface area (Å²) in [6.45, 7) is 1.41. The fraction of sp³-hybridized carbons (Fsp3) is 0.364. The maximum atomic E-state index is 13.2. The number of hydrogen-bond donors (Lipinski definition) is 0. The van der Waals surface area contributed by atoms with Crippen LogP contribution in [0.4, 0.5) is 4.79 Å². The summed E-state index contributed by atoms with van der Waals surface area (Å²) in [6.07, 6.45) is 7.71. The van der Waals surface area contributed by atoms with E-state index in [0.717, 1.165) is 60.9 Å². The van der Waals surface area contributed by atoms with Crippen molar-refractivity contribution in [3.05, 3.63) is 120 Å². The Hall–Kier alpha value is -3.97. The molecule has 0 saturated carbocycles. The van der Waals surface area contributed by atoms with E-state index in [1.807, 2.05) is 70.4 Å². The number of nitrogens with zero attached hydrogens (tertiary/aromatic N) is 4. The molecular formula is C33H36N4O3. The molecule has 6 rings (SSSR count). The summed E-state index contributed by atoms with van der Waals surface area (Å²) in [5, 5.41) is 8.77. The Morgan fingerprint density at radius 1 is 0.800 bits per heavy atom. The molecule has 0 N–H and O–H groups in total. The fourth-order valence-electron chi connectivity index (χ4n) is 6.06. The molecule has 1 saturated heterocycles. The van der Waals surface area contributed by atoms with E-state index < -0.39 is 11.7 Å². The van der Waals surface area contributed by atoms with E-state index in [1.54, 1.807) is 0 Å². The van der Waals surface area contributed by atoms with Crippen LogP contribution in [-0.4, -0.2) is 51.3 Å². The van der Waals surface area contributed by atoms with Crippen molar-refractivity contribution in [2.45, 2.75) is 62.8 Å². The quantitative estimate of drug-likeness (QED) is 0.284. The van der Waals surface area contributed by atoms with E-state index in [-0.39, 0.29) is 18.7 Å². The second-order valence-corrected chi connectivity index (χ2v) is 10.7. The standard InChI is InChI=1S/C33H36N4O3/c38-32-37-22-14-3-1-2-13-21-29-23-36(35-34-29)24-30(37)31(40-32)25-39-33(26-15-7-4-8-16-26,27-17-9-5-10-18-27)28-19-11-6-12-20-28/h4-12,15-20,23,30-31H,1-3,13-14,21-22,24-25H2/t30-,31-/m1/s1. The van der Waals surface area contributed by atoms with Crippen LogP contribution in [0.1, 0.15) is 54.5 Å². The Bertz CT molecular complexity index is 1280. The highest BCUT2D eigenvalue weighted by Gasteiger charge is 2.45. The lowest BCUT2D eigenvalue weighted by Crippen LogP contribution is -2.44. The summed E-state index contributed by atoms with van der Waals surface area (Å²) < 4.78 is 14.9. The first-order chi connectivity index (χ1) is 19.7. The van der Waals surface area contributed by atoms with Crippen molar-refractivity contribution in [3.63, 3.8) is 0 Å². The van der Waals surface area contributed by atoms with Gasteiger partial charge in [0, 0.05) is 12.7 Å². The van der Waals surface area contributed by atoms with Crippen molar-refractivity contribution in [2.24, 2.45) is 0 Å². The maximum absolute atomic E-state index is 13.2. The van der Waals surface area contributed by atoms with Crippen LogP contribution in [-0.2, 0) is 28.0 Å². The molecule has 40 heavy (non-hydrogen) atoms. The second kappa shape index (κ2) is 12.0. The van der Waals surface area contributed by atoms with E-state index in [4.69, 9.17) is 9.47 Å². The van der Waals surface area contributed by atoms with Crippen LogP contribution in [0.5, 0.6) is 0 Å². The molecule has 1 aromatic heterocycles. The fourth-order valence-corrected chi connectivity index (χ4v) is 6.06. The molecule has 7 heteroatoms. The van der Waals surface area contributed by atoms with E-state index in [0.29, 0.717) is 13.1 Å². The van der Waals surface area contributed by atoms with Crippen LogP contribution in [0.15, 0.2) is 97.2 Å². The van der Waals surface area contributed by atoms with Gasteiger partial charge in [0.05, 0.1) is 24.9 Å². The Labute approximate surface area is 235 Å². The summed E-state index contributed by atoms with van der Waals surface area (Å²) in [5.74, 6) is 0. The van der Waals surface area contributed by atoms with Gasteiger partial charge in [0.25, 0.3) is 0 Å². The lowest BCUT2D eigenvalue weighted by atomic mass is 9.80. The number of rotatable bonds is 6. The molecule has 2 atom stereocenters. The van der Waals surface area contributed by atoms with Crippen LogP contribution in [0, 0.1) is 0 Å². The van der Waals surface area contributed by atoms with Crippen molar-refractivity contribution in [3.8, 4) is 0 Å². The molecule has 1 fully saturated rings. The van der Waals surface area contributed by atoms with Gasteiger partial charge in [0.15, 0.2) is 0 Å². The molecule has 2 aliphatic rings. The van der Waals surface area contributed by atoms with Gasteiger partial charge in [-0.15, -0.1) is 5.10 Å². The molecule has 0 spiro atoms. The zero-order valence-electron chi connectivity index (χ0n) is 22.8. The number of fused-ring (bicyclic) bond motifs is 3. The number of aryl methyl sites for hydroxylation is 1. The molecule has 2 bridgehead atoms. The van der Waals surface area contributed by atoms with Gasteiger partial charge >= 0.3 is 6.09 Å². The maximum Gasteiger partial charge on any atom is 0.410 e. The Morgan fingerprint density at radius 3 is 2.00 bits per heavy atom. The molecule has 0 aliphatic carbocycles. The van der Waals surface area contributed by atoms with Crippen LogP contribution < -0.4 is 0 Å². The lowest BCUT2D eigenvalue weighted by Gasteiger charge is -2.37. The second-order valence-electron chi connectivity index (χ2n) is 10.7. The van der Waals surface area contributed by atoms with Crippen molar-refractivity contribution in [2.75, 3.05) is 13.2 Å². The van der Waals surface area contributed by atoms with Crippen LogP contribution in [0.3, 0.4) is 0 Å². The zero-order chi connectivity index (χ0) is 27.2. The summed E-state index contributed by atoms with van der Waals surface area (Å²) in [4.78, 5) is 15.1. The predicted octanol–water partition coefficient (Wildman–Crippen LogP) is 5.98. The minimum Gasteiger partial charge on any atom is -0.441 e. The molecule has 2 aliphatic heterocycles. The van der Waals surface area contributed by atoms with Gasteiger partial charge in [0.2, 0.25) is 0 Å². The molecule has 1 amide bonds. The van der Waals surface area contributed by atoms with E-state index in [9.17, 15) is 4.79 Å². The van der Waals surface area contributed by atoms with Crippen molar-refractivity contribution in [1.29, 1.82) is 0 Å². The lowest BCUT2D eigenvalue weighted by molar-refractivity contribution is -0.0391. The molecule has 3 heterocycles. The number of carbonyl (C=O) groups is 1. The highest BCUT2D eigenvalue weighted by molar-refractivity contribution is 5.70. The third-order valence-corrected chi connectivity index (χ3v) is 8.11. The number of aromatic nitrogens is 3. The molecule has 206 valence electrons. The van der Waals surface area contributed by atoms with Crippen LogP contribution in [0.25, 0.3) is 0 Å². The van der Waals surface area contributed by atoms with Crippen molar-refractivity contribution >= 4 is 6.09 Å². The SMILES string of the molecule is O=C1O[C@H](COC(c2ccccc2)(c2ccccc2)c2ccccc2)[C@H]2Cn3cc(nn3)CCCCCCCN12. The van der Waals surface area contributed by atoms with Gasteiger partial charge in [-0.25, -0.2) is 4.79 Å². The summed E-state index contributed by atoms with van der Waals surface area (Å²) >= 11 is 0. The average Bonchev–Trinajstić information content (AvgIpc) is 3.58. The zero-order valence-corrected chi connectivity index (χ0v) is 22.8. The monoisotopic (exact) mass is 536 g/mol. The number of hydrogen-bond acceptors (Lipinski definition) is 5. The van der Waals surface area contributed by atoms with E-state index >= 15 is 0 Å². The van der Waals surface area contributed by atoms with E-state index in [1.165, 1.54) is 0 Å². The largest absolute Gasteiger partial charge is 0.441 e. The number of ether oxygens (including phenoxy) is 2. The first-order valence-electron chi connectivity index (χ1n) is 14.4. The first kappa shape index (κ1) is 26.3. The minimum absolute atomic E-state index is 0.206. The van der Waals surface area contributed by atoms with Gasteiger partial charge in [-0.2, -0.15) is 0 Å². The summed E-state index contributed by atoms with van der Waals surface area (Å²) in [6, 6.07) is 30.7. The highest BCUT2D eigenvalue weighted by Crippen LogP contribution is 2.41. The number of amides is 1. The highest BCUT2D eigenvalue weighted by atomic mass is 16.6. The Kier molecular flexibility index (Phi) is 7.91. The summed E-state index contributed by atoms with van der Waals surface area (Å²) in [7, 11) is 0. The molecule has 7 nitrogen and oxygen atoms in total. The molecule has 0 radical (unpaired) electrons. The first-order valence-corrected chi connectivity index (χ1v) is 14.4. The molecule has 0 unspecified atom stereocenters. The van der Waals surface area contributed by atoms with Gasteiger partial charge in [-0.05, 0) is 36.0 Å². The average molecular weight is 537 g/mol. The topological polar surface area (TPSA) is 69.5 Å². The van der Waals surface area contributed by atoms with E-state index in [2.05, 4.69) is 46.7 Å². The Balaban J connectivity index is 1.35. The van der Waals surface area contributed by atoms with Gasteiger partial charge in [-0.3, -0.25) is 9.58 Å². The summed E-state index contributed by atoms with van der Waals surface area (Å²) in [5.41, 5.74) is 3.17. The normalized spacial score (nSPS) is 20.1. The number of benzene rings is 3. The van der Waals surface area contributed by atoms with Gasteiger partial charge in [-0.1, -0.05) is 115 Å². The third kappa shape index (κ3) is 5.39. The van der Waals surface area contributed by atoms with Crippen LogP contribution in [0.2, 0.25) is 0 Å². The predicted molar refractivity (Wildman–Crippen MR) is 153 cm³/mol. The molecule has 3 aromatic carbocycles. The smallest absolute Gasteiger partial charge is 0.410 e. The number of cyclic esters (lactones) is 1. The third-order valence-electron chi connectivity index (χ3n) is 8.11. The van der Waals surface area contributed by atoms with Crippen LogP contribution >= 0.6 is 0 Å². The van der Waals surface area contributed by atoms with Gasteiger partial charge in [0.1, 0.15) is 11.7 Å². The van der Waals surface area contributed by atoms with Crippen molar-refractivity contribution in [1.82, 2.24) is 19.9 Å². The Morgan fingerprint density at radius 2 is 1.38 bits per heavy atom. The minimum atomic E-state index is -0.882. The number of carbonyl (C=O) groups excluding carboxylic acids is 1. The van der Waals surface area contributed by atoms with Gasteiger partial charge < -0.3 is 9.47 Å². The molecular weight excluding hydrogens is 500 g/mol.